The lowest BCUT2D eigenvalue weighted by Crippen LogP contribution is -2.42. The summed E-state index contributed by atoms with van der Waals surface area (Å²) in [7, 11) is -3.89. The summed E-state index contributed by atoms with van der Waals surface area (Å²) in [5, 5.41) is 0.853. The molecule has 1 aromatic heterocycles. The summed E-state index contributed by atoms with van der Waals surface area (Å²) in [6.45, 7) is 0.301. The van der Waals surface area contributed by atoms with Crippen LogP contribution in [0.2, 0.25) is 10.0 Å². The third-order valence-electron chi connectivity index (χ3n) is 4.20. The molecule has 1 aliphatic rings. The van der Waals surface area contributed by atoms with Crippen LogP contribution in [-0.4, -0.2) is 15.1 Å². The fraction of sp³-hybridized carbons (Fsp3) is 0.0556. The van der Waals surface area contributed by atoms with Crippen molar-refractivity contribution in [3.05, 3.63) is 75.6 Å². The summed E-state index contributed by atoms with van der Waals surface area (Å²) in [6, 6.07) is 12.9. The molecule has 7 nitrogen and oxygen atoms in total. The smallest absolute Gasteiger partial charge is 0.263 e. The molecule has 2 aromatic carbocycles. The van der Waals surface area contributed by atoms with Crippen LogP contribution in [0, 0.1) is 0 Å². The predicted octanol–water partition coefficient (Wildman–Crippen LogP) is 2.51. The molecule has 0 radical (unpaired) electrons. The molecule has 0 atom stereocenters. The van der Waals surface area contributed by atoms with E-state index in [-0.39, 0.29) is 14.9 Å². The third kappa shape index (κ3) is 3.30. The van der Waals surface area contributed by atoms with Gasteiger partial charge in [-0.3, -0.25) is 4.72 Å². The molecule has 3 N–H and O–H groups in total. The van der Waals surface area contributed by atoms with Gasteiger partial charge in [0.05, 0.1) is 21.5 Å². The molecule has 0 saturated heterocycles. The van der Waals surface area contributed by atoms with Gasteiger partial charge in [0, 0.05) is 11.4 Å². The molecule has 0 unspecified atom stereocenters. The molecule has 0 saturated carbocycles. The molecule has 0 amide bonds. The number of sulfonamides is 1. The van der Waals surface area contributed by atoms with Crippen molar-refractivity contribution in [3.63, 3.8) is 0 Å². The van der Waals surface area contributed by atoms with Crippen LogP contribution in [0.1, 0.15) is 0 Å². The van der Waals surface area contributed by atoms with Gasteiger partial charge >= 0.3 is 0 Å². The first-order valence-electron chi connectivity index (χ1n) is 8.09. The lowest BCUT2D eigenvalue weighted by molar-refractivity contribution is 0.500. The van der Waals surface area contributed by atoms with Crippen molar-refractivity contribution in [3.8, 4) is 0 Å². The van der Waals surface area contributed by atoms with Crippen molar-refractivity contribution in [1.82, 2.24) is 0 Å². The van der Waals surface area contributed by atoms with Gasteiger partial charge in [-0.2, -0.15) is 0 Å². The summed E-state index contributed by atoms with van der Waals surface area (Å²) in [5.41, 5.74) is 7.83. The van der Waals surface area contributed by atoms with Crippen LogP contribution < -0.4 is 26.1 Å². The van der Waals surface area contributed by atoms with E-state index in [0.29, 0.717) is 28.9 Å². The van der Waals surface area contributed by atoms with E-state index in [1.807, 2.05) is 0 Å². The zero-order valence-electron chi connectivity index (χ0n) is 14.3. The third-order valence-corrected chi connectivity index (χ3v) is 6.56. The van der Waals surface area contributed by atoms with Crippen LogP contribution in [0.3, 0.4) is 0 Å². The van der Waals surface area contributed by atoms with Crippen LogP contribution in [0.4, 0.5) is 11.4 Å². The highest BCUT2D eigenvalue weighted by atomic mass is 35.5. The van der Waals surface area contributed by atoms with Crippen molar-refractivity contribution < 1.29 is 12.8 Å². The summed E-state index contributed by atoms with van der Waals surface area (Å²) in [5.74, 6) is 0.512. The molecule has 0 fully saturated rings. The van der Waals surface area contributed by atoms with Gasteiger partial charge in [0.25, 0.3) is 10.0 Å². The predicted molar refractivity (Wildman–Crippen MR) is 108 cm³/mol. The Kier molecular flexibility index (Phi) is 4.70. The Labute approximate surface area is 170 Å². The van der Waals surface area contributed by atoms with Gasteiger partial charge < -0.3 is 15.1 Å². The molecule has 4 rings (SSSR count). The maximum absolute atomic E-state index is 12.6. The van der Waals surface area contributed by atoms with Gasteiger partial charge in [-0.25, -0.2) is 13.4 Å². The maximum Gasteiger partial charge on any atom is 0.263 e. The van der Waals surface area contributed by atoms with E-state index in [9.17, 15) is 8.42 Å². The Morgan fingerprint density at radius 1 is 1.11 bits per heavy atom. The van der Waals surface area contributed by atoms with E-state index < -0.39 is 10.0 Å². The monoisotopic (exact) mass is 436 g/mol. The average Bonchev–Trinajstić information content (AvgIpc) is 3.14. The number of benzene rings is 2. The van der Waals surface area contributed by atoms with E-state index in [2.05, 4.69) is 9.71 Å². The largest absolute Gasteiger partial charge is 0.446 e. The molecule has 0 bridgehead atoms. The number of furan rings is 1. The fourth-order valence-electron chi connectivity index (χ4n) is 2.81. The molecule has 0 spiro atoms. The van der Waals surface area contributed by atoms with Gasteiger partial charge in [0.2, 0.25) is 5.55 Å². The first kappa shape index (κ1) is 18.7. The van der Waals surface area contributed by atoms with E-state index in [1.54, 1.807) is 35.2 Å². The number of nitrogens with zero attached hydrogens (tertiary/aromatic N) is 2. The van der Waals surface area contributed by atoms with Crippen LogP contribution >= 0.6 is 23.2 Å². The normalized spacial score (nSPS) is 13.8. The summed E-state index contributed by atoms with van der Waals surface area (Å²) in [6.07, 6.45) is 1.53. The highest BCUT2D eigenvalue weighted by Crippen LogP contribution is 2.30. The van der Waals surface area contributed by atoms with Gasteiger partial charge in [-0.1, -0.05) is 29.3 Å². The van der Waals surface area contributed by atoms with Crippen molar-refractivity contribution in [1.29, 1.82) is 0 Å². The first-order valence-corrected chi connectivity index (χ1v) is 10.3. The van der Waals surface area contributed by atoms with Gasteiger partial charge in [-0.05, 0) is 42.5 Å². The molecular formula is C18H14Cl2N4O3S. The highest BCUT2D eigenvalue weighted by molar-refractivity contribution is 7.92. The van der Waals surface area contributed by atoms with Crippen molar-refractivity contribution in [2.24, 2.45) is 10.7 Å². The lowest BCUT2D eigenvalue weighted by atomic mass is 10.2. The Morgan fingerprint density at radius 2 is 1.86 bits per heavy atom. The Bertz CT molecular complexity index is 1270. The second kappa shape index (κ2) is 7.05. The number of anilines is 2. The first-order chi connectivity index (χ1) is 13.4. The quantitative estimate of drug-likeness (QED) is 0.653. The van der Waals surface area contributed by atoms with E-state index in [4.69, 9.17) is 33.4 Å². The minimum atomic E-state index is -3.89. The van der Waals surface area contributed by atoms with Crippen LogP contribution in [0.5, 0.6) is 0 Å². The van der Waals surface area contributed by atoms with Crippen molar-refractivity contribution in [2.75, 3.05) is 16.3 Å². The number of rotatable bonds is 4. The molecule has 0 aliphatic carbocycles. The molecule has 3 aromatic rings. The summed E-state index contributed by atoms with van der Waals surface area (Å²) < 4.78 is 33.0. The topological polar surface area (TPSA) is 101 Å². The zero-order valence-corrected chi connectivity index (χ0v) is 16.6. The molecule has 144 valence electrons. The number of fused-ring (bicyclic) bond motifs is 1. The second-order valence-corrected chi connectivity index (χ2v) is 8.39. The van der Waals surface area contributed by atoms with Gasteiger partial charge in [0.1, 0.15) is 17.4 Å². The Hall–Kier alpha value is -2.68. The van der Waals surface area contributed by atoms with E-state index >= 15 is 0 Å². The number of hydrogen-bond acceptors (Lipinski definition) is 6. The molecule has 2 heterocycles. The van der Waals surface area contributed by atoms with Crippen LogP contribution in [0.25, 0.3) is 5.82 Å². The molecule has 28 heavy (non-hydrogen) atoms. The second-order valence-electron chi connectivity index (χ2n) is 5.96. The number of nitrogens with two attached hydrogens (primary N) is 1. The highest BCUT2D eigenvalue weighted by Gasteiger charge is 2.20. The van der Waals surface area contributed by atoms with Crippen molar-refractivity contribution >= 4 is 50.4 Å². The Balaban J connectivity index is 1.60. The van der Waals surface area contributed by atoms with Crippen LogP contribution in [-0.2, 0) is 10.0 Å². The van der Waals surface area contributed by atoms with Gasteiger partial charge in [0.15, 0.2) is 0 Å². The lowest BCUT2D eigenvalue weighted by Gasteiger charge is -2.24. The van der Waals surface area contributed by atoms with Crippen molar-refractivity contribution in [2.45, 2.75) is 4.90 Å². The number of nitrogens with one attached hydrogen (secondary N) is 1. The minimum absolute atomic E-state index is 0.0264. The molecule has 10 heteroatoms. The van der Waals surface area contributed by atoms with E-state index in [1.165, 1.54) is 24.5 Å². The van der Waals surface area contributed by atoms with Crippen LogP contribution in [0.15, 0.2) is 69.1 Å². The average molecular weight is 437 g/mol. The zero-order chi connectivity index (χ0) is 19.9. The Morgan fingerprint density at radius 3 is 2.61 bits per heavy atom. The summed E-state index contributed by atoms with van der Waals surface area (Å²) >= 11 is 11.9. The minimum Gasteiger partial charge on any atom is -0.446 e. The van der Waals surface area contributed by atoms with Gasteiger partial charge in [-0.15, -0.1) is 0 Å². The fourth-order valence-corrected chi connectivity index (χ4v) is 4.63. The molecular weight excluding hydrogens is 423 g/mol. The SMILES string of the molecule is NC1=c2ccoc2=NCN1c1ccc(NS(=O)(=O)c2cccc(Cl)c2Cl)cc1. The maximum atomic E-state index is 12.6. The summed E-state index contributed by atoms with van der Waals surface area (Å²) in [4.78, 5) is 6.02. The number of hydrogen-bond donors (Lipinski definition) is 2. The number of halogens is 2. The standard InChI is InChI=1S/C18H14Cl2N4O3S/c19-14-2-1-3-15(16(14)20)28(25,26)23-11-4-6-12(7-5-11)24-10-22-18-13(17(24)21)8-9-27-18/h1-9,23H,10,21H2. The van der Waals surface area contributed by atoms with E-state index in [0.717, 1.165) is 5.69 Å². The molecule has 1 aliphatic heterocycles.